The van der Waals surface area contributed by atoms with Gasteiger partial charge in [0.05, 0.1) is 0 Å². The van der Waals surface area contributed by atoms with Gasteiger partial charge in [-0.15, -0.1) is 10.2 Å². The molecule has 0 aliphatic heterocycles. The Morgan fingerprint density at radius 3 is 2.65 bits per heavy atom. The van der Waals surface area contributed by atoms with E-state index in [0.29, 0.717) is 11.2 Å². The maximum absolute atomic E-state index is 6.19. The summed E-state index contributed by atoms with van der Waals surface area (Å²) >= 11 is 6.19. The first kappa shape index (κ1) is 10.4. The Morgan fingerprint density at radius 1 is 1.12 bits per heavy atom. The maximum atomic E-state index is 6.19. The van der Waals surface area contributed by atoms with Crippen molar-refractivity contribution >= 4 is 11.6 Å². The second-order valence-corrected chi connectivity index (χ2v) is 6.49. The van der Waals surface area contributed by atoms with Crippen LogP contribution in [-0.4, -0.2) is 14.8 Å². The van der Waals surface area contributed by atoms with Gasteiger partial charge in [0.25, 0.3) is 0 Å². The molecule has 3 fully saturated rings. The fraction of sp³-hybridized carbons (Fsp3) is 0.846. The van der Waals surface area contributed by atoms with E-state index in [9.17, 15) is 0 Å². The molecule has 3 aliphatic rings. The zero-order chi connectivity index (χ0) is 11.4. The SMILES string of the molecule is Clc1nnc(C2CC2)n1CC1CC2CCC1C2. The smallest absolute Gasteiger partial charge is 0.225 e. The Morgan fingerprint density at radius 2 is 2.00 bits per heavy atom. The van der Waals surface area contributed by atoms with Gasteiger partial charge in [0.15, 0.2) is 0 Å². The van der Waals surface area contributed by atoms with Gasteiger partial charge in [-0.05, 0) is 61.5 Å². The summed E-state index contributed by atoms with van der Waals surface area (Å²) in [6, 6.07) is 0. The molecular formula is C13H18ClN3. The third kappa shape index (κ3) is 1.70. The molecule has 3 atom stereocenters. The van der Waals surface area contributed by atoms with Crippen molar-refractivity contribution in [1.29, 1.82) is 0 Å². The van der Waals surface area contributed by atoms with Gasteiger partial charge in [-0.25, -0.2) is 0 Å². The van der Waals surface area contributed by atoms with Crippen LogP contribution in [0.3, 0.4) is 0 Å². The number of hydrogen-bond donors (Lipinski definition) is 0. The minimum absolute atomic E-state index is 0.606. The van der Waals surface area contributed by atoms with E-state index in [1.54, 1.807) is 0 Å². The lowest BCUT2D eigenvalue weighted by molar-refractivity contribution is 0.293. The second kappa shape index (κ2) is 3.71. The molecule has 92 valence electrons. The number of nitrogens with zero attached hydrogens (tertiary/aromatic N) is 3. The normalized spacial score (nSPS) is 35.7. The van der Waals surface area contributed by atoms with Crippen LogP contribution in [0.5, 0.6) is 0 Å². The lowest BCUT2D eigenvalue weighted by atomic mass is 9.89. The third-order valence-corrected chi connectivity index (χ3v) is 5.26. The Bertz CT molecular complexity index is 438. The van der Waals surface area contributed by atoms with Crippen molar-refractivity contribution in [2.45, 2.75) is 51.0 Å². The lowest BCUT2D eigenvalue weighted by Crippen LogP contribution is -2.18. The average molecular weight is 252 g/mol. The minimum Gasteiger partial charge on any atom is -0.301 e. The highest BCUT2D eigenvalue weighted by Gasteiger charge is 2.40. The van der Waals surface area contributed by atoms with Gasteiger partial charge in [-0.2, -0.15) is 0 Å². The van der Waals surface area contributed by atoms with E-state index in [0.717, 1.165) is 30.1 Å². The average Bonchev–Trinajstić information content (AvgIpc) is 2.80. The Hall–Kier alpha value is -0.570. The van der Waals surface area contributed by atoms with Crippen LogP contribution >= 0.6 is 11.6 Å². The van der Waals surface area contributed by atoms with Crippen molar-refractivity contribution < 1.29 is 0 Å². The van der Waals surface area contributed by atoms with Gasteiger partial charge in [-0.1, -0.05) is 6.42 Å². The van der Waals surface area contributed by atoms with Gasteiger partial charge in [-0.3, -0.25) is 0 Å². The summed E-state index contributed by atoms with van der Waals surface area (Å²) in [6.07, 6.45) is 8.31. The molecule has 0 amide bonds. The fourth-order valence-electron chi connectivity index (χ4n) is 3.94. The van der Waals surface area contributed by atoms with Crippen LogP contribution in [0.25, 0.3) is 0 Å². The molecule has 4 rings (SSSR count). The number of hydrogen-bond acceptors (Lipinski definition) is 2. The van der Waals surface area contributed by atoms with E-state index in [2.05, 4.69) is 14.8 Å². The fourth-order valence-corrected chi connectivity index (χ4v) is 4.14. The van der Waals surface area contributed by atoms with Gasteiger partial charge in [0.1, 0.15) is 5.82 Å². The highest BCUT2D eigenvalue weighted by Crippen LogP contribution is 2.49. The molecule has 0 spiro atoms. The number of aromatic nitrogens is 3. The highest BCUT2D eigenvalue weighted by atomic mass is 35.5. The summed E-state index contributed by atoms with van der Waals surface area (Å²) in [4.78, 5) is 0. The first-order valence-corrected chi connectivity index (χ1v) is 7.27. The van der Waals surface area contributed by atoms with Crippen LogP contribution in [0.2, 0.25) is 5.28 Å². The molecule has 0 radical (unpaired) electrons. The van der Waals surface area contributed by atoms with Crippen LogP contribution < -0.4 is 0 Å². The zero-order valence-corrected chi connectivity index (χ0v) is 10.7. The van der Waals surface area contributed by atoms with Crippen LogP contribution in [0.15, 0.2) is 0 Å². The molecule has 0 saturated heterocycles. The summed E-state index contributed by atoms with van der Waals surface area (Å²) in [5.41, 5.74) is 0. The quantitative estimate of drug-likeness (QED) is 0.826. The monoisotopic (exact) mass is 251 g/mol. The standard InChI is InChI=1S/C13H18ClN3/c14-13-16-15-12(9-3-4-9)17(13)7-11-6-8-1-2-10(11)5-8/h8-11H,1-7H2. The lowest BCUT2D eigenvalue weighted by Gasteiger charge is -2.22. The van der Waals surface area contributed by atoms with Gasteiger partial charge in [0, 0.05) is 12.5 Å². The topological polar surface area (TPSA) is 30.7 Å². The molecular weight excluding hydrogens is 234 g/mol. The maximum Gasteiger partial charge on any atom is 0.225 e. The molecule has 1 aromatic heterocycles. The molecule has 3 nitrogen and oxygen atoms in total. The Labute approximate surface area is 107 Å². The summed E-state index contributed by atoms with van der Waals surface area (Å²) in [7, 11) is 0. The summed E-state index contributed by atoms with van der Waals surface area (Å²) < 4.78 is 2.20. The van der Waals surface area contributed by atoms with Gasteiger partial charge in [0.2, 0.25) is 5.28 Å². The van der Waals surface area contributed by atoms with E-state index in [-0.39, 0.29) is 0 Å². The summed E-state index contributed by atoms with van der Waals surface area (Å²) in [5, 5.41) is 8.93. The molecule has 1 heterocycles. The third-order valence-electron chi connectivity index (χ3n) is 4.98. The number of rotatable bonds is 3. The Kier molecular flexibility index (Phi) is 2.26. The van der Waals surface area contributed by atoms with Crippen LogP contribution in [0, 0.1) is 17.8 Å². The molecule has 0 N–H and O–H groups in total. The van der Waals surface area contributed by atoms with E-state index >= 15 is 0 Å². The summed E-state index contributed by atoms with van der Waals surface area (Å²) in [6.45, 7) is 1.07. The van der Waals surface area contributed by atoms with Crippen molar-refractivity contribution in [2.75, 3.05) is 0 Å². The van der Waals surface area contributed by atoms with E-state index in [1.165, 1.54) is 38.5 Å². The minimum atomic E-state index is 0.606. The van der Waals surface area contributed by atoms with Crippen LogP contribution in [-0.2, 0) is 6.54 Å². The first-order chi connectivity index (χ1) is 8.31. The Balaban J connectivity index is 1.56. The van der Waals surface area contributed by atoms with Crippen LogP contribution in [0.4, 0.5) is 0 Å². The van der Waals surface area contributed by atoms with E-state index in [1.807, 2.05) is 0 Å². The number of fused-ring (bicyclic) bond motifs is 2. The second-order valence-electron chi connectivity index (χ2n) is 6.15. The van der Waals surface area contributed by atoms with Crippen molar-refractivity contribution in [2.24, 2.45) is 17.8 Å². The zero-order valence-electron chi connectivity index (χ0n) is 9.98. The molecule has 3 aliphatic carbocycles. The molecule has 4 heteroatoms. The highest BCUT2D eigenvalue weighted by molar-refractivity contribution is 6.28. The number of halogens is 1. The molecule has 3 unspecified atom stereocenters. The first-order valence-electron chi connectivity index (χ1n) is 6.90. The molecule has 17 heavy (non-hydrogen) atoms. The van der Waals surface area contributed by atoms with Crippen molar-refractivity contribution in [3.8, 4) is 0 Å². The van der Waals surface area contributed by atoms with Gasteiger partial charge < -0.3 is 4.57 Å². The van der Waals surface area contributed by atoms with Crippen LogP contribution in [0.1, 0.15) is 50.3 Å². The molecule has 3 saturated carbocycles. The van der Waals surface area contributed by atoms with Crippen molar-refractivity contribution in [3.05, 3.63) is 11.1 Å². The van der Waals surface area contributed by atoms with Gasteiger partial charge >= 0.3 is 0 Å². The van der Waals surface area contributed by atoms with E-state index in [4.69, 9.17) is 11.6 Å². The van der Waals surface area contributed by atoms with Crippen molar-refractivity contribution in [3.63, 3.8) is 0 Å². The molecule has 1 aromatic rings. The molecule has 0 aromatic carbocycles. The molecule has 2 bridgehead atoms. The largest absolute Gasteiger partial charge is 0.301 e. The van der Waals surface area contributed by atoms with Crippen molar-refractivity contribution in [1.82, 2.24) is 14.8 Å². The van der Waals surface area contributed by atoms with E-state index < -0.39 is 0 Å². The predicted octanol–water partition coefficient (Wildman–Crippen LogP) is 3.25. The summed E-state index contributed by atoms with van der Waals surface area (Å²) in [5.74, 6) is 4.58. The predicted molar refractivity (Wildman–Crippen MR) is 65.9 cm³/mol.